The fourth-order valence-corrected chi connectivity index (χ4v) is 7.59. The quantitative estimate of drug-likeness (QED) is 0.0253. The molecule has 30 nitrogen and oxygen atoms in total. The summed E-state index contributed by atoms with van der Waals surface area (Å²) in [5.74, 6) is -15.7. The average molecular weight is 1140 g/mol. The zero-order chi connectivity index (χ0) is 60.2. The minimum atomic E-state index is -1.95. The predicted molar refractivity (Wildman–Crippen MR) is 277 cm³/mol. The second-order valence-electron chi connectivity index (χ2n) is 18.4. The highest BCUT2D eigenvalue weighted by molar-refractivity contribution is 5.99. The minimum Gasteiger partial charge on any atom is -0.481 e. The number of carboxylic acids is 5. The molecule has 16 N–H and O–H groups in total. The van der Waals surface area contributed by atoms with E-state index >= 15 is 0 Å². The number of nitrogens with two attached hydrogens (primary N) is 1. The van der Waals surface area contributed by atoms with E-state index in [2.05, 4.69) is 52.5 Å². The zero-order valence-corrected chi connectivity index (χ0v) is 43.7. The third kappa shape index (κ3) is 24.7. The number of carboxylic acid groups (broad SMARTS) is 5. The number of hydrogen-bond donors (Lipinski definition) is 15. The van der Waals surface area contributed by atoms with Crippen molar-refractivity contribution in [3.05, 3.63) is 90.0 Å². The molecule has 0 radical (unpaired) electrons. The Labute approximate surface area is 461 Å². The molecule has 3 aromatic rings. The van der Waals surface area contributed by atoms with Crippen LogP contribution in [0.2, 0.25) is 0 Å². The number of nitrogens with one attached hydrogen (secondary N) is 9. The van der Waals surface area contributed by atoms with Crippen molar-refractivity contribution in [2.45, 2.75) is 138 Å². The number of carbonyl (C=O) groups is 14. The number of carbonyl (C=O) groups excluding carboxylic acids is 9. The molecule has 2 aromatic carbocycles. The highest BCUT2D eigenvalue weighted by Crippen LogP contribution is 2.11. The molecule has 0 spiro atoms. The van der Waals surface area contributed by atoms with Gasteiger partial charge in [0, 0.05) is 56.8 Å². The first-order chi connectivity index (χ1) is 38.3. The third-order valence-electron chi connectivity index (χ3n) is 11.9. The van der Waals surface area contributed by atoms with Gasteiger partial charge in [0.05, 0.1) is 24.8 Å². The number of aldehydes is 1. The van der Waals surface area contributed by atoms with Gasteiger partial charge in [-0.1, -0.05) is 60.7 Å². The lowest BCUT2D eigenvalue weighted by Crippen LogP contribution is -2.61. The van der Waals surface area contributed by atoms with Crippen LogP contribution in [0.3, 0.4) is 0 Å². The van der Waals surface area contributed by atoms with Crippen LogP contribution >= 0.6 is 0 Å². The van der Waals surface area contributed by atoms with Gasteiger partial charge < -0.3 is 83.6 Å². The van der Waals surface area contributed by atoms with Crippen molar-refractivity contribution in [3.63, 3.8) is 0 Å². The summed E-state index contributed by atoms with van der Waals surface area (Å²) in [6.07, 6.45) is -3.36. The Morgan fingerprint density at radius 3 is 1.30 bits per heavy atom. The Balaban J connectivity index is 1.93. The van der Waals surface area contributed by atoms with Crippen LogP contribution in [0.4, 0.5) is 0 Å². The lowest BCUT2D eigenvalue weighted by Gasteiger charge is -2.27. The van der Waals surface area contributed by atoms with Gasteiger partial charge >= 0.3 is 29.8 Å². The molecule has 0 fully saturated rings. The van der Waals surface area contributed by atoms with Crippen molar-refractivity contribution in [1.29, 1.82) is 0 Å². The first-order valence-electron chi connectivity index (χ1n) is 25.1. The van der Waals surface area contributed by atoms with E-state index in [4.69, 9.17) is 15.9 Å². The van der Waals surface area contributed by atoms with Gasteiger partial charge in [0.2, 0.25) is 47.3 Å². The highest BCUT2D eigenvalue weighted by Gasteiger charge is 2.35. The summed E-state index contributed by atoms with van der Waals surface area (Å²) in [5, 5.41) is 65.6. The number of rotatable bonds is 37. The summed E-state index contributed by atoms with van der Waals surface area (Å²) in [6, 6.07) is 1.44. The number of amides is 8. The molecule has 0 aliphatic heterocycles. The predicted octanol–water partition coefficient (Wildman–Crippen LogP) is -3.20. The first kappa shape index (κ1) is 65.7. The standard InChI is InChI=1S/C51H65N11O19/c1-27(44(74)59-37(22-31-24-53-26-54-31)49(79)56-30(25-63)12-16-39(64)65)55-48(78)38(23-43(72)73)62-51(81)36(21-29-10-6-3-7-11-29)61-50(80)35(20-28-8-4-2-5-9-28)60-47(77)34(15-19-42(70)71)58-46(76)33(14-18-41(68)69)57-45(75)32(52)13-17-40(66)67/h2-11,24-27,30,32-38H,12-23,52H2,1H3,(H,53,54)(H,55,78)(H,56,79)(H,57,75)(H,58,76)(H,59,74)(H,60,77)(H,61,80)(H,62,81)(H,64,65)(H,66,67)(H,68,69)(H,70,71)(H,72,73)/t27-,30-,32-,33-,34-,35-,36-,37-,38-/m0/s1. The average Bonchev–Trinajstić information content (AvgIpc) is 3.94. The maximum atomic E-state index is 14.5. The Morgan fingerprint density at radius 1 is 0.469 bits per heavy atom. The molecule has 30 heteroatoms. The van der Waals surface area contributed by atoms with Gasteiger partial charge in [-0.15, -0.1) is 0 Å². The van der Waals surface area contributed by atoms with Crippen molar-refractivity contribution in [3.8, 4) is 0 Å². The molecule has 0 unspecified atom stereocenters. The Morgan fingerprint density at radius 2 is 0.852 bits per heavy atom. The number of aliphatic carboxylic acids is 5. The molecule has 3 rings (SSSR count). The van der Waals surface area contributed by atoms with Crippen LogP contribution < -0.4 is 48.3 Å². The van der Waals surface area contributed by atoms with Gasteiger partial charge in [0.25, 0.3) is 0 Å². The molecular weight excluding hydrogens is 1070 g/mol. The number of aromatic nitrogens is 2. The molecular formula is C51H65N11O19. The lowest BCUT2D eigenvalue weighted by molar-refractivity contribution is -0.141. The van der Waals surface area contributed by atoms with Gasteiger partial charge in [-0.2, -0.15) is 0 Å². The van der Waals surface area contributed by atoms with Crippen molar-refractivity contribution >= 4 is 83.4 Å². The van der Waals surface area contributed by atoms with Crippen LogP contribution in [0.1, 0.15) is 81.5 Å². The molecule has 9 atom stereocenters. The minimum absolute atomic E-state index is 0.236. The summed E-state index contributed by atoms with van der Waals surface area (Å²) in [4.78, 5) is 186. The molecule has 0 saturated carbocycles. The molecule has 1 heterocycles. The van der Waals surface area contributed by atoms with Crippen LogP contribution in [0.15, 0.2) is 73.2 Å². The summed E-state index contributed by atoms with van der Waals surface area (Å²) < 4.78 is 0. The topological polar surface area (TPSA) is 491 Å². The fourth-order valence-electron chi connectivity index (χ4n) is 7.59. The fraction of sp³-hybridized carbons (Fsp3) is 0.431. The van der Waals surface area contributed by atoms with E-state index in [1.54, 1.807) is 60.7 Å². The van der Waals surface area contributed by atoms with E-state index in [9.17, 15) is 82.4 Å². The van der Waals surface area contributed by atoms with Crippen molar-refractivity contribution in [2.24, 2.45) is 5.73 Å². The second-order valence-corrected chi connectivity index (χ2v) is 18.4. The summed E-state index contributed by atoms with van der Waals surface area (Å²) in [6.45, 7) is 1.16. The second kappa shape index (κ2) is 33.6. The molecule has 0 saturated heterocycles. The molecule has 1 aromatic heterocycles. The summed E-state index contributed by atoms with van der Waals surface area (Å²) in [5.41, 5.74) is 6.97. The van der Waals surface area contributed by atoms with Crippen LogP contribution in [0.5, 0.6) is 0 Å². The molecule has 0 aliphatic rings. The van der Waals surface area contributed by atoms with Gasteiger partial charge in [-0.3, -0.25) is 62.3 Å². The van der Waals surface area contributed by atoms with Crippen molar-refractivity contribution < 1.29 is 92.7 Å². The van der Waals surface area contributed by atoms with Crippen LogP contribution in [-0.4, -0.2) is 173 Å². The monoisotopic (exact) mass is 1140 g/mol. The normalized spacial score (nSPS) is 14.1. The van der Waals surface area contributed by atoms with E-state index < -0.39 is 176 Å². The Bertz CT molecular complexity index is 2690. The van der Waals surface area contributed by atoms with E-state index in [0.29, 0.717) is 23.1 Å². The maximum absolute atomic E-state index is 14.5. The number of aromatic amines is 1. The number of imidazole rings is 1. The lowest BCUT2D eigenvalue weighted by atomic mass is 10.0. The van der Waals surface area contributed by atoms with Crippen LogP contribution in [0, 0.1) is 0 Å². The summed E-state index contributed by atoms with van der Waals surface area (Å²) in [7, 11) is 0. The number of H-pyrrole nitrogens is 1. The number of benzene rings is 2. The highest BCUT2D eigenvalue weighted by atomic mass is 16.4. The molecule has 0 bridgehead atoms. The van der Waals surface area contributed by atoms with Crippen LogP contribution in [0.25, 0.3) is 0 Å². The van der Waals surface area contributed by atoms with E-state index in [1.165, 1.54) is 12.5 Å². The van der Waals surface area contributed by atoms with E-state index in [-0.39, 0.29) is 32.1 Å². The van der Waals surface area contributed by atoms with Crippen LogP contribution in [-0.2, 0) is 86.4 Å². The number of hydrogen-bond acceptors (Lipinski definition) is 16. The maximum Gasteiger partial charge on any atom is 0.305 e. The van der Waals surface area contributed by atoms with Gasteiger partial charge in [-0.25, -0.2) is 4.98 Å². The SMILES string of the molecule is C[C@H](NC(=O)[C@H](CC(=O)O)NC(=O)[C@H](Cc1ccccc1)NC(=O)[C@H](Cc1ccccc1)NC(=O)[C@H](CCC(=O)O)NC(=O)[C@H](CCC(=O)O)NC(=O)[C@@H](N)CCC(=O)O)C(=O)N[C@@H](Cc1cnc[nH]1)C(=O)N[C@H](C=O)CCC(=O)O. The van der Waals surface area contributed by atoms with E-state index in [1.807, 2.05) is 0 Å². The Kier molecular flexibility index (Phi) is 27.3. The van der Waals surface area contributed by atoms with E-state index in [0.717, 1.165) is 6.92 Å². The van der Waals surface area contributed by atoms with Crippen molar-refractivity contribution in [1.82, 2.24) is 52.5 Å². The van der Waals surface area contributed by atoms with Gasteiger partial charge in [0.15, 0.2) is 0 Å². The Hall–Kier alpha value is -9.61. The van der Waals surface area contributed by atoms with Gasteiger partial charge in [-0.05, 0) is 43.7 Å². The third-order valence-corrected chi connectivity index (χ3v) is 11.9. The smallest absolute Gasteiger partial charge is 0.305 e. The summed E-state index contributed by atoms with van der Waals surface area (Å²) >= 11 is 0. The molecule has 0 aliphatic carbocycles. The number of nitrogens with zero attached hydrogens (tertiary/aromatic N) is 1. The molecule has 438 valence electrons. The largest absolute Gasteiger partial charge is 0.481 e. The zero-order valence-electron chi connectivity index (χ0n) is 43.7. The van der Waals surface area contributed by atoms with Crippen molar-refractivity contribution in [2.75, 3.05) is 0 Å². The van der Waals surface area contributed by atoms with Gasteiger partial charge in [0.1, 0.15) is 48.6 Å². The molecule has 81 heavy (non-hydrogen) atoms. The molecule has 8 amide bonds. The first-order valence-corrected chi connectivity index (χ1v) is 25.1.